The minimum atomic E-state index is 0. The molecule has 3 rings (SSSR count). The Morgan fingerprint density at radius 2 is 2.07 bits per heavy atom. The highest BCUT2D eigenvalue weighted by molar-refractivity contribution is 14.0. The van der Waals surface area contributed by atoms with Crippen LogP contribution in [0.4, 0.5) is 5.69 Å². The SMILES string of the molecule is CN=C(NCCCN1CCN(c2cccc(C)c2)CC1)N(C)CC1CCOC1.I. The van der Waals surface area contributed by atoms with Crippen molar-refractivity contribution >= 4 is 35.6 Å². The summed E-state index contributed by atoms with van der Waals surface area (Å²) in [6.07, 6.45) is 2.31. The van der Waals surface area contributed by atoms with Crippen molar-refractivity contribution in [2.45, 2.75) is 19.8 Å². The lowest BCUT2D eigenvalue weighted by Crippen LogP contribution is -2.47. The summed E-state index contributed by atoms with van der Waals surface area (Å²) in [5, 5.41) is 3.52. The molecule has 2 fully saturated rings. The number of rotatable bonds is 7. The first-order valence-electron chi connectivity index (χ1n) is 10.7. The van der Waals surface area contributed by atoms with Gasteiger partial charge in [-0.15, -0.1) is 24.0 Å². The Morgan fingerprint density at radius 1 is 1.28 bits per heavy atom. The molecule has 6 nitrogen and oxygen atoms in total. The molecule has 0 spiro atoms. The number of hydrogen-bond acceptors (Lipinski definition) is 4. The van der Waals surface area contributed by atoms with Crippen LogP contribution < -0.4 is 10.2 Å². The second-order valence-electron chi connectivity index (χ2n) is 8.11. The van der Waals surface area contributed by atoms with Crippen molar-refractivity contribution in [2.75, 3.05) is 78.0 Å². The normalized spacial score (nSPS) is 20.4. The maximum Gasteiger partial charge on any atom is 0.193 e. The molecule has 1 N–H and O–H groups in total. The molecule has 0 radical (unpaired) electrons. The first kappa shape index (κ1) is 24.2. The van der Waals surface area contributed by atoms with Gasteiger partial charge in [0.15, 0.2) is 5.96 Å². The Bertz CT molecular complexity index is 627. The number of halogens is 1. The van der Waals surface area contributed by atoms with Crippen molar-refractivity contribution in [2.24, 2.45) is 10.9 Å². The van der Waals surface area contributed by atoms with Crippen molar-refractivity contribution in [3.63, 3.8) is 0 Å². The highest BCUT2D eigenvalue weighted by atomic mass is 127. The van der Waals surface area contributed by atoms with E-state index in [4.69, 9.17) is 4.74 Å². The fraction of sp³-hybridized carbons (Fsp3) is 0.682. The van der Waals surface area contributed by atoms with Crippen LogP contribution in [0, 0.1) is 12.8 Å². The summed E-state index contributed by atoms with van der Waals surface area (Å²) < 4.78 is 5.48. The monoisotopic (exact) mass is 515 g/mol. The summed E-state index contributed by atoms with van der Waals surface area (Å²) in [7, 11) is 3.99. The third kappa shape index (κ3) is 7.61. The van der Waals surface area contributed by atoms with Crippen molar-refractivity contribution in [1.29, 1.82) is 0 Å². The van der Waals surface area contributed by atoms with Crippen LogP contribution in [0.15, 0.2) is 29.3 Å². The van der Waals surface area contributed by atoms with Gasteiger partial charge in [-0.2, -0.15) is 0 Å². The van der Waals surface area contributed by atoms with Crippen LogP contribution in [0.25, 0.3) is 0 Å². The van der Waals surface area contributed by atoms with Gasteiger partial charge in [0, 0.05) is 71.6 Å². The second-order valence-corrected chi connectivity index (χ2v) is 8.11. The molecular weight excluding hydrogens is 477 g/mol. The number of hydrogen-bond donors (Lipinski definition) is 1. The van der Waals surface area contributed by atoms with E-state index in [1.165, 1.54) is 11.3 Å². The molecule has 7 heteroatoms. The van der Waals surface area contributed by atoms with Crippen LogP contribution >= 0.6 is 24.0 Å². The van der Waals surface area contributed by atoms with Crippen LogP contribution in [0.1, 0.15) is 18.4 Å². The Morgan fingerprint density at radius 3 is 2.72 bits per heavy atom. The first-order chi connectivity index (χ1) is 13.7. The number of piperazine rings is 1. The Hall–Kier alpha value is -1.06. The predicted molar refractivity (Wildman–Crippen MR) is 133 cm³/mol. The van der Waals surface area contributed by atoms with Gasteiger partial charge in [-0.05, 0) is 44.0 Å². The Kier molecular flexibility index (Phi) is 10.5. The molecule has 1 unspecified atom stereocenters. The zero-order valence-electron chi connectivity index (χ0n) is 18.3. The molecule has 2 heterocycles. The molecule has 0 aliphatic carbocycles. The molecule has 0 aromatic heterocycles. The lowest BCUT2D eigenvalue weighted by atomic mass is 10.1. The molecule has 2 aliphatic heterocycles. The number of nitrogens with one attached hydrogen (secondary N) is 1. The average Bonchev–Trinajstić information content (AvgIpc) is 3.21. The van der Waals surface area contributed by atoms with Crippen LogP contribution in [0.2, 0.25) is 0 Å². The van der Waals surface area contributed by atoms with Crippen molar-refractivity contribution in [1.82, 2.24) is 15.1 Å². The van der Waals surface area contributed by atoms with Gasteiger partial charge in [0.25, 0.3) is 0 Å². The second kappa shape index (κ2) is 12.6. The third-order valence-electron chi connectivity index (χ3n) is 5.80. The van der Waals surface area contributed by atoms with Gasteiger partial charge in [0.2, 0.25) is 0 Å². The molecule has 0 bridgehead atoms. The van der Waals surface area contributed by atoms with E-state index < -0.39 is 0 Å². The largest absolute Gasteiger partial charge is 0.381 e. The maximum absolute atomic E-state index is 5.48. The van der Waals surface area contributed by atoms with E-state index in [0.29, 0.717) is 5.92 Å². The number of benzene rings is 1. The molecule has 1 aromatic rings. The molecular formula is C22H38IN5O. The van der Waals surface area contributed by atoms with Gasteiger partial charge in [-0.3, -0.25) is 9.89 Å². The first-order valence-corrected chi connectivity index (χ1v) is 10.7. The lowest BCUT2D eigenvalue weighted by molar-refractivity contribution is 0.181. The van der Waals surface area contributed by atoms with Crippen LogP contribution in [-0.4, -0.2) is 88.9 Å². The summed E-state index contributed by atoms with van der Waals surface area (Å²) in [6, 6.07) is 8.84. The Labute approximate surface area is 193 Å². The number of nitrogens with zero attached hydrogens (tertiary/aromatic N) is 4. The van der Waals surface area contributed by atoms with E-state index in [-0.39, 0.29) is 24.0 Å². The number of ether oxygens (including phenoxy) is 1. The van der Waals surface area contributed by atoms with E-state index in [1.54, 1.807) is 0 Å². The fourth-order valence-corrected chi connectivity index (χ4v) is 4.14. The maximum atomic E-state index is 5.48. The zero-order chi connectivity index (χ0) is 19.8. The number of aryl methyl sites for hydroxylation is 1. The number of aliphatic imine (C=N–C) groups is 1. The van der Waals surface area contributed by atoms with E-state index in [2.05, 4.69) is 63.2 Å². The predicted octanol–water partition coefficient (Wildman–Crippen LogP) is 2.67. The highest BCUT2D eigenvalue weighted by Crippen LogP contribution is 2.18. The minimum absolute atomic E-state index is 0. The summed E-state index contributed by atoms with van der Waals surface area (Å²) in [4.78, 5) is 11.8. The topological polar surface area (TPSA) is 43.3 Å². The van der Waals surface area contributed by atoms with Crippen molar-refractivity contribution < 1.29 is 4.74 Å². The fourth-order valence-electron chi connectivity index (χ4n) is 4.14. The molecule has 0 amide bonds. The van der Waals surface area contributed by atoms with Crippen LogP contribution in [0.5, 0.6) is 0 Å². The molecule has 1 aromatic carbocycles. The molecule has 0 saturated carbocycles. The molecule has 164 valence electrons. The van der Waals surface area contributed by atoms with E-state index >= 15 is 0 Å². The van der Waals surface area contributed by atoms with Gasteiger partial charge < -0.3 is 19.9 Å². The van der Waals surface area contributed by atoms with Gasteiger partial charge >= 0.3 is 0 Å². The van der Waals surface area contributed by atoms with Crippen LogP contribution in [0.3, 0.4) is 0 Å². The summed E-state index contributed by atoms with van der Waals surface area (Å²) >= 11 is 0. The summed E-state index contributed by atoms with van der Waals surface area (Å²) in [6.45, 7) is 11.6. The third-order valence-corrected chi connectivity index (χ3v) is 5.80. The lowest BCUT2D eigenvalue weighted by Gasteiger charge is -2.36. The van der Waals surface area contributed by atoms with Gasteiger partial charge in [0.1, 0.15) is 0 Å². The van der Waals surface area contributed by atoms with E-state index in [9.17, 15) is 0 Å². The number of anilines is 1. The molecule has 29 heavy (non-hydrogen) atoms. The molecule has 1 atom stereocenters. The van der Waals surface area contributed by atoms with Gasteiger partial charge in [-0.25, -0.2) is 0 Å². The quantitative estimate of drug-likeness (QED) is 0.262. The van der Waals surface area contributed by atoms with Crippen LogP contribution in [-0.2, 0) is 4.74 Å². The van der Waals surface area contributed by atoms with Gasteiger partial charge in [-0.1, -0.05) is 12.1 Å². The molecule has 2 saturated heterocycles. The average molecular weight is 515 g/mol. The molecule has 2 aliphatic rings. The Balaban J connectivity index is 0.00000300. The van der Waals surface area contributed by atoms with Gasteiger partial charge in [0.05, 0.1) is 6.61 Å². The van der Waals surface area contributed by atoms with Crippen molar-refractivity contribution in [3.8, 4) is 0 Å². The van der Waals surface area contributed by atoms with E-state index in [0.717, 1.165) is 77.8 Å². The zero-order valence-corrected chi connectivity index (χ0v) is 20.6. The number of guanidine groups is 1. The smallest absolute Gasteiger partial charge is 0.193 e. The highest BCUT2D eigenvalue weighted by Gasteiger charge is 2.19. The minimum Gasteiger partial charge on any atom is -0.381 e. The van der Waals surface area contributed by atoms with Crippen molar-refractivity contribution in [3.05, 3.63) is 29.8 Å². The summed E-state index contributed by atoms with van der Waals surface area (Å²) in [5.41, 5.74) is 2.70. The summed E-state index contributed by atoms with van der Waals surface area (Å²) in [5.74, 6) is 1.63. The standard InChI is InChI=1S/C22H37N5O.HI/c1-19-6-4-7-21(16-19)27-13-11-26(12-14-27)10-5-9-24-22(23-2)25(3)17-20-8-15-28-18-20;/h4,6-7,16,20H,5,8-15,17-18H2,1-3H3,(H,23,24);1H. The van der Waals surface area contributed by atoms with E-state index in [1.807, 2.05) is 7.05 Å².